The third kappa shape index (κ3) is 3.29. The van der Waals surface area contributed by atoms with E-state index in [4.69, 9.17) is 4.74 Å². The van der Waals surface area contributed by atoms with Gasteiger partial charge in [-0.05, 0) is 37.7 Å². The lowest BCUT2D eigenvalue weighted by Crippen LogP contribution is -2.25. The van der Waals surface area contributed by atoms with E-state index in [-0.39, 0.29) is 5.56 Å². The van der Waals surface area contributed by atoms with Crippen molar-refractivity contribution < 1.29 is 4.74 Å². The number of H-pyrrole nitrogens is 1. The fourth-order valence-corrected chi connectivity index (χ4v) is 3.13. The molecule has 0 unspecified atom stereocenters. The van der Waals surface area contributed by atoms with Gasteiger partial charge in [-0.25, -0.2) is 0 Å². The van der Waals surface area contributed by atoms with E-state index in [9.17, 15) is 4.79 Å². The molecule has 4 nitrogen and oxygen atoms in total. The molecule has 1 aromatic heterocycles. The molecule has 24 heavy (non-hydrogen) atoms. The highest BCUT2D eigenvalue weighted by Crippen LogP contribution is 2.30. The molecule has 0 spiro atoms. The van der Waals surface area contributed by atoms with Crippen LogP contribution in [0.2, 0.25) is 0 Å². The summed E-state index contributed by atoms with van der Waals surface area (Å²) >= 11 is 0. The Labute approximate surface area is 142 Å². The highest BCUT2D eigenvalue weighted by Gasteiger charge is 2.09. The molecule has 0 saturated carbocycles. The minimum Gasteiger partial charge on any atom is -0.493 e. The number of aromatic amines is 1. The highest BCUT2D eigenvalue weighted by molar-refractivity contribution is 6.08. The Kier molecular flexibility index (Phi) is 5.16. The lowest BCUT2D eigenvalue weighted by Gasteiger charge is -2.18. The second-order valence-electron chi connectivity index (χ2n) is 5.91. The van der Waals surface area contributed by atoms with Crippen molar-refractivity contribution in [1.29, 1.82) is 0 Å². The summed E-state index contributed by atoms with van der Waals surface area (Å²) in [5.74, 6) is 0.833. The molecule has 126 valence electrons. The number of nitrogens with zero attached hydrogens (tertiary/aromatic N) is 1. The Hall–Kier alpha value is -2.33. The predicted molar refractivity (Wildman–Crippen MR) is 100.0 cm³/mol. The van der Waals surface area contributed by atoms with E-state index in [0.717, 1.165) is 48.1 Å². The summed E-state index contributed by atoms with van der Waals surface area (Å²) in [6.45, 7) is 8.20. The van der Waals surface area contributed by atoms with Crippen LogP contribution in [0.1, 0.15) is 20.3 Å². The van der Waals surface area contributed by atoms with Crippen LogP contribution in [0.25, 0.3) is 21.7 Å². The van der Waals surface area contributed by atoms with Crippen LogP contribution in [-0.4, -0.2) is 36.1 Å². The molecule has 3 rings (SSSR count). The molecule has 0 amide bonds. The zero-order valence-electron chi connectivity index (χ0n) is 14.3. The standard InChI is InChI=1S/C20H24N2O2/c1-3-22(4-2)13-8-14-24-18-12-7-11-17-19(18)15-9-5-6-10-16(15)20(23)21-17/h5-7,9-12H,3-4,8,13-14H2,1-2H3,(H,21,23). The minimum absolute atomic E-state index is 0.0585. The quantitative estimate of drug-likeness (QED) is 0.531. The molecule has 1 N–H and O–H groups in total. The summed E-state index contributed by atoms with van der Waals surface area (Å²) in [6.07, 6.45) is 0.985. The van der Waals surface area contributed by atoms with Crippen LogP contribution in [0.5, 0.6) is 5.75 Å². The summed E-state index contributed by atoms with van der Waals surface area (Å²) < 4.78 is 6.06. The van der Waals surface area contributed by atoms with E-state index in [2.05, 4.69) is 23.7 Å². The molecule has 3 aromatic rings. The molecule has 0 radical (unpaired) electrons. The van der Waals surface area contributed by atoms with Gasteiger partial charge < -0.3 is 14.6 Å². The predicted octanol–water partition coefficient (Wildman–Crippen LogP) is 3.79. The van der Waals surface area contributed by atoms with Crippen molar-refractivity contribution in [3.8, 4) is 5.75 Å². The number of fused-ring (bicyclic) bond motifs is 3. The summed E-state index contributed by atoms with van der Waals surface area (Å²) in [5, 5.41) is 2.62. The Balaban J connectivity index is 1.89. The SMILES string of the molecule is CCN(CC)CCCOc1cccc2[nH]c(=O)c3ccccc3c12. The van der Waals surface area contributed by atoms with Gasteiger partial charge in [-0.3, -0.25) is 4.79 Å². The van der Waals surface area contributed by atoms with E-state index in [0.29, 0.717) is 12.0 Å². The Bertz CT molecular complexity index is 882. The molecule has 0 saturated heterocycles. The molecule has 0 aliphatic heterocycles. The first kappa shape index (κ1) is 16.5. The minimum atomic E-state index is -0.0585. The molecule has 1 heterocycles. The monoisotopic (exact) mass is 324 g/mol. The molecule has 2 aromatic carbocycles. The zero-order valence-corrected chi connectivity index (χ0v) is 14.3. The zero-order chi connectivity index (χ0) is 16.9. The molecular formula is C20H24N2O2. The smallest absolute Gasteiger partial charge is 0.256 e. The summed E-state index contributed by atoms with van der Waals surface area (Å²) in [6, 6.07) is 13.5. The highest BCUT2D eigenvalue weighted by atomic mass is 16.5. The molecule has 0 bridgehead atoms. The number of hydrogen-bond acceptors (Lipinski definition) is 3. The van der Waals surface area contributed by atoms with Crippen LogP contribution in [0.15, 0.2) is 47.3 Å². The first-order valence-corrected chi connectivity index (χ1v) is 8.63. The Morgan fingerprint density at radius 1 is 1.00 bits per heavy atom. The summed E-state index contributed by atoms with van der Waals surface area (Å²) in [4.78, 5) is 17.5. The maximum Gasteiger partial charge on any atom is 0.256 e. The van der Waals surface area contributed by atoms with Crippen molar-refractivity contribution in [3.63, 3.8) is 0 Å². The molecular weight excluding hydrogens is 300 g/mol. The number of pyridine rings is 1. The Morgan fingerprint density at radius 3 is 2.50 bits per heavy atom. The van der Waals surface area contributed by atoms with Crippen LogP contribution in [0.4, 0.5) is 0 Å². The number of aromatic nitrogens is 1. The van der Waals surface area contributed by atoms with E-state index in [1.54, 1.807) is 0 Å². The topological polar surface area (TPSA) is 45.3 Å². The fraction of sp³-hybridized carbons (Fsp3) is 0.350. The Morgan fingerprint density at radius 2 is 1.75 bits per heavy atom. The number of benzene rings is 2. The van der Waals surface area contributed by atoms with Crippen LogP contribution in [0, 0.1) is 0 Å². The van der Waals surface area contributed by atoms with Gasteiger partial charge in [-0.2, -0.15) is 0 Å². The van der Waals surface area contributed by atoms with Gasteiger partial charge in [0.05, 0.1) is 12.1 Å². The molecule has 4 heteroatoms. The maximum atomic E-state index is 12.2. The van der Waals surface area contributed by atoms with Crippen molar-refractivity contribution in [2.24, 2.45) is 0 Å². The number of ether oxygens (including phenoxy) is 1. The second-order valence-corrected chi connectivity index (χ2v) is 5.91. The van der Waals surface area contributed by atoms with Gasteiger partial charge in [-0.1, -0.05) is 38.1 Å². The number of hydrogen-bond donors (Lipinski definition) is 1. The third-order valence-electron chi connectivity index (χ3n) is 4.49. The van der Waals surface area contributed by atoms with Crippen molar-refractivity contribution in [2.45, 2.75) is 20.3 Å². The maximum absolute atomic E-state index is 12.2. The average molecular weight is 324 g/mol. The lowest BCUT2D eigenvalue weighted by atomic mass is 10.1. The molecule has 0 aliphatic carbocycles. The van der Waals surface area contributed by atoms with Crippen LogP contribution in [0.3, 0.4) is 0 Å². The summed E-state index contributed by atoms with van der Waals surface area (Å²) in [7, 11) is 0. The molecule has 0 fully saturated rings. The largest absolute Gasteiger partial charge is 0.493 e. The van der Waals surface area contributed by atoms with Crippen molar-refractivity contribution >= 4 is 21.7 Å². The van der Waals surface area contributed by atoms with Gasteiger partial charge in [0, 0.05) is 22.7 Å². The van der Waals surface area contributed by atoms with Crippen molar-refractivity contribution in [1.82, 2.24) is 9.88 Å². The summed E-state index contributed by atoms with van der Waals surface area (Å²) in [5.41, 5.74) is 0.761. The first-order valence-electron chi connectivity index (χ1n) is 8.63. The fourth-order valence-electron chi connectivity index (χ4n) is 3.13. The van der Waals surface area contributed by atoms with Crippen LogP contribution < -0.4 is 10.3 Å². The average Bonchev–Trinajstić information content (AvgIpc) is 2.62. The number of rotatable bonds is 7. The van der Waals surface area contributed by atoms with Gasteiger partial charge in [0.15, 0.2) is 0 Å². The van der Waals surface area contributed by atoms with Gasteiger partial charge >= 0.3 is 0 Å². The van der Waals surface area contributed by atoms with E-state index >= 15 is 0 Å². The van der Waals surface area contributed by atoms with Crippen molar-refractivity contribution in [3.05, 3.63) is 52.8 Å². The molecule has 0 aliphatic rings. The van der Waals surface area contributed by atoms with Gasteiger partial charge in [0.25, 0.3) is 5.56 Å². The van der Waals surface area contributed by atoms with E-state index < -0.39 is 0 Å². The van der Waals surface area contributed by atoms with E-state index in [1.807, 2.05) is 42.5 Å². The van der Waals surface area contributed by atoms with Crippen LogP contribution in [-0.2, 0) is 0 Å². The van der Waals surface area contributed by atoms with E-state index in [1.165, 1.54) is 0 Å². The first-order chi connectivity index (χ1) is 11.7. The van der Waals surface area contributed by atoms with Gasteiger partial charge in [0.1, 0.15) is 5.75 Å². The van der Waals surface area contributed by atoms with Gasteiger partial charge in [-0.15, -0.1) is 0 Å². The third-order valence-corrected chi connectivity index (χ3v) is 4.49. The molecule has 0 atom stereocenters. The van der Waals surface area contributed by atoms with Gasteiger partial charge in [0.2, 0.25) is 0 Å². The number of nitrogens with one attached hydrogen (secondary N) is 1. The normalized spacial score (nSPS) is 11.5. The lowest BCUT2D eigenvalue weighted by molar-refractivity contribution is 0.250. The van der Waals surface area contributed by atoms with Crippen molar-refractivity contribution in [2.75, 3.05) is 26.2 Å². The van der Waals surface area contributed by atoms with Crippen LogP contribution >= 0.6 is 0 Å². The second kappa shape index (κ2) is 7.49.